The maximum atomic E-state index is 15.1. The lowest BCUT2D eigenvalue weighted by Crippen LogP contribution is -2.06. The van der Waals surface area contributed by atoms with Crippen LogP contribution in [0.3, 0.4) is 0 Å². The van der Waals surface area contributed by atoms with Gasteiger partial charge in [-0.3, -0.25) is 4.79 Å². The number of carbonyl (C=O) groups is 2. The number of benzene rings is 3. The minimum absolute atomic E-state index is 0.0715. The molecule has 0 bridgehead atoms. The maximum Gasteiger partial charge on any atom is 0.328 e. The van der Waals surface area contributed by atoms with E-state index in [0.29, 0.717) is 43.7 Å². The van der Waals surface area contributed by atoms with Gasteiger partial charge in [0, 0.05) is 32.9 Å². The number of ether oxygens (including phenoxy) is 2. The van der Waals surface area contributed by atoms with Crippen LogP contribution in [0.15, 0.2) is 48.5 Å². The minimum Gasteiger partial charge on any atom is -0.497 e. The molecule has 0 unspecified atom stereocenters. The molecule has 8 heteroatoms. The van der Waals surface area contributed by atoms with Gasteiger partial charge in [0.05, 0.1) is 7.11 Å². The molecule has 0 amide bonds. The van der Waals surface area contributed by atoms with Gasteiger partial charge in [-0.1, -0.05) is 0 Å². The first-order valence-electron chi connectivity index (χ1n) is 10.1. The predicted molar refractivity (Wildman–Crippen MR) is 125 cm³/mol. The van der Waals surface area contributed by atoms with Gasteiger partial charge >= 0.3 is 5.97 Å². The van der Waals surface area contributed by atoms with Crippen LogP contribution in [0.4, 0.5) is 8.78 Å². The molecule has 0 radical (unpaired) electrons. The van der Waals surface area contributed by atoms with Crippen molar-refractivity contribution in [1.82, 2.24) is 0 Å². The van der Waals surface area contributed by atoms with Crippen molar-refractivity contribution < 1.29 is 33.0 Å². The van der Waals surface area contributed by atoms with Gasteiger partial charge in [0.15, 0.2) is 17.3 Å². The normalized spacial score (nSPS) is 12.0. The molecule has 0 fully saturated rings. The molecule has 1 aliphatic heterocycles. The van der Waals surface area contributed by atoms with E-state index < -0.39 is 17.6 Å². The number of rotatable bonds is 5. The van der Waals surface area contributed by atoms with E-state index in [2.05, 4.69) is 0 Å². The Morgan fingerprint density at radius 1 is 1.06 bits per heavy atom. The van der Waals surface area contributed by atoms with Crippen molar-refractivity contribution in [2.75, 3.05) is 7.11 Å². The largest absolute Gasteiger partial charge is 0.497 e. The van der Waals surface area contributed by atoms with Gasteiger partial charge in [-0.05, 0) is 66.6 Å². The molecule has 0 saturated heterocycles. The molecule has 0 spiro atoms. The lowest BCUT2D eigenvalue weighted by molar-refractivity contribution is -0.131. The van der Waals surface area contributed by atoms with Gasteiger partial charge < -0.3 is 14.6 Å². The Hall–Kier alpha value is -4.04. The summed E-state index contributed by atoms with van der Waals surface area (Å²) < 4.78 is 40.8. The number of carboxylic acids is 1. The van der Waals surface area contributed by atoms with Gasteiger partial charge in [-0.15, -0.1) is 11.3 Å². The summed E-state index contributed by atoms with van der Waals surface area (Å²) in [6.07, 6.45) is 2.21. The molecule has 3 aromatic carbocycles. The molecule has 1 N–H and O–H groups in total. The Morgan fingerprint density at radius 2 is 1.85 bits per heavy atom. The maximum absolute atomic E-state index is 15.1. The molecule has 2 heterocycles. The number of thiophene rings is 1. The molecule has 4 aromatic rings. The lowest BCUT2D eigenvalue weighted by atomic mass is 9.94. The van der Waals surface area contributed by atoms with Crippen LogP contribution < -0.4 is 9.47 Å². The van der Waals surface area contributed by atoms with Crippen LogP contribution in [-0.4, -0.2) is 24.0 Å². The Bertz CT molecular complexity index is 1550. The topological polar surface area (TPSA) is 72.8 Å². The SMILES string of the molecule is COc1cc2c3c(c(C(=O)c4ccc(F)cc4C)sc3c1)Oc1c(F)cc(/C=C/C(=O)O)cc1-2. The highest BCUT2D eigenvalue weighted by molar-refractivity contribution is 7.21. The summed E-state index contributed by atoms with van der Waals surface area (Å²) in [7, 11) is 1.50. The fourth-order valence-corrected chi connectivity index (χ4v) is 5.18. The third-order valence-corrected chi connectivity index (χ3v) is 6.69. The zero-order chi connectivity index (χ0) is 24.1. The molecule has 0 aliphatic carbocycles. The molecular formula is C26H16F2O5S. The number of carbonyl (C=O) groups excluding carboxylic acids is 1. The van der Waals surface area contributed by atoms with Gasteiger partial charge in [0.1, 0.15) is 16.4 Å². The minimum atomic E-state index is -1.16. The summed E-state index contributed by atoms with van der Waals surface area (Å²) >= 11 is 1.18. The number of methoxy groups -OCH3 is 1. The summed E-state index contributed by atoms with van der Waals surface area (Å²) in [6.45, 7) is 1.64. The Labute approximate surface area is 196 Å². The number of hydrogen-bond donors (Lipinski definition) is 1. The van der Waals surface area contributed by atoms with Crippen LogP contribution >= 0.6 is 11.3 Å². The van der Waals surface area contributed by atoms with E-state index >= 15 is 4.39 Å². The molecular weight excluding hydrogens is 462 g/mol. The summed E-state index contributed by atoms with van der Waals surface area (Å²) in [5.74, 6) is -2.00. The van der Waals surface area contributed by atoms with E-state index in [-0.39, 0.29) is 22.2 Å². The second-order valence-electron chi connectivity index (χ2n) is 7.75. The third-order valence-electron chi connectivity index (χ3n) is 5.57. The fraction of sp³-hybridized carbons (Fsp3) is 0.0769. The smallest absolute Gasteiger partial charge is 0.328 e. The number of halogens is 2. The molecule has 1 aliphatic rings. The van der Waals surface area contributed by atoms with E-state index in [0.717, 1.165) is 6.08 Å². The number of carboxylic acid groups (broad SMARTS) is 1. The quantitative estimate of drug-likeness (QED) is 0.228. The zero-order valence-corrected chi connectivity index (χ0v) is 18.8. The Balaban J connectivity index is 1.75. The molecule has 34 heavy (non-hydrogen) atoms. The van der Waals surface area contributed by atoms with Crippen molar-refractivity contribution in [3.8, 4) is 28.4 Å². The first-order valence-corrected chi connectivity index (χ1v) is 11.0. The van der Waals surface area contributed by atoms with Crippen molar-refractivity contribution in [1.29, 1.82) is 0 Å². The van der Waals surface area contributed by atoms with E-state index in [4.69, 9.17) is 14.6 Å². The lowest BCUT2D eigenvalue weighted by Gasteiger charge is -2.21. The molecule has 1 aromatic heterocycles. The summed E-state index contributed by atoms with van der Waals surface area (Å²) in [5, 5.41) is 9.54. The van der Waals surface area contributed by atoms with Crippen molar-refractivity contribution >= 4 is 39.3 Å². The average molecular weight is 478 g/mol. The van der Waals surface area contributed by atoms with Crippen LogP contribution in [0, 0.1) is 18.6 Å². The van der Waals surface area contributed by atoms with Crippen LogP contribution in [0.2, 0.25) is 0 Å². The van der Waals surface area contributed by atoms with Gasteiger partial charge in [0.25, 0.3) is 0 Å². The first kappa shape index (κ1) is 21.8. The molecule has 0 saturated carbocycles. The second-order valence-corrected chi connectivity index (χ2v) is 8.80. The zero-order valence-electron chi connectivity index (χ0n) is 17.9. The van der Waals surface area contributed by atoms with E-state index in [9.17, 15) is 14.0 Å². The first-order chi connectivity index (χ1) is 16.3. The monoisotopic (exact) mass is 478 g/mol. The van der Waals surface area contributed by atoms with E-state index in [1.54, 1.807) is 25.1 Å². The van der Waals surface area contributed by atoms with E-state index in [1.165, 1.54) is 48.8 Å². The number of aliphatic carboxylic acids is 1. The predicted octanol–water partition coefficient (Wildman–Crippen LogP) is 6.60. The van der Waals surface area contributed by atoms with Crippen molar-refractivity contribution in [2.45, 2.75) is 6.92 Å². The Kier molecular flexibility index (Phi) is 5.17. The fourth-order valence-electron chi connectivity index (χ4n) is 4.04. The van der Waals surface area contributed by atoms with Crippen LogP contribution in [0.25, 0.3) is 27.3 Å². The highest BCUT2D eigenvalue weighted by atomic mass is 32.1. The van der Waals surface area contributed by atoms with Crippen LogP contribution in [-0.2, 0) is 4.79 Å². The highest BCUT2D eigenvalue weighted by Crippen LogP contribution is 2.54. The number of fused-ring (bicyclic) bond motifs is 2. The average Bonchev–Trinajstić information content (AvgIpc) is 3.17. The van der Waals surface area contributed by atoms with E-state index in [1.807, 2.05) is 0 Å². The van der Waals surface area contributed by atoms with Crippen LogP contribution in [0.1, 0.15) is 26.4 Å². The van der Waals surface area contributed by atoms with Crippen molar-refractivity contribution in [2.24, 2.45) is 0 Å². The standard InChI is InChI=1S/C26H16F2O5S/c1-12-7-14(27)4-5-16(12)23(31)26-25-22-17(10-15(32-2)11-20(22)34-26)18-8-13(3-6-21(29)30)9-19(28)24(18)33-25/h3-11H,1-2H3,(H,29,30)/b6-3+. The number of ketones is 1. The summed E-state index contributed by atoms with van der Waals surface area (Å²) in [6, 6.07) is 10.2. The summed E-state index contributed by atoms with van der Waals surface area (Å²) in [5.41, 5.74) is 2.15. The third kappa shape index (κ3) is 3.52. The summed E-state index contributed by atoms with van der Waals surface area (Å²) in [4.78, 5) is 24.6. The van der Waals surface area contributed by atoms with Crippen LogP contribution in [0.5, 0.6) is 17.2 Å². The van der Waals surface area contributed by atoms with Crippen molar-refractivity contribution in [3.05, 3.63) is 81.7 Å². The van der Waals surface area contributed by atoms with Gasteiger partial charge in [-0.25, -0.2) is 13.6 Å². The molecule has 5 nitrogen and oxygen atoms in total. The Morgan fingerprint density at radius 3 is 2.56 bits per heavy atom. The molecule has 0 atom stereocenters. The van der Waals surface area contributed by atoms with Gasteiger partial charge in [0.2, 0.25) is 5.78 Å². The number of hydrogen-bond acceptors (Lipinski definition) is 5. The number of aryl methyl sites for hydroxylation is 1. The molecule has 170 valence electrons. The highest BCUT2D eigenvalue weighted by Gasteiger charge is 2.31. The molecule has 5 rings (SSSR count). The second kappa shape index (κ2) is 8.07. The van der Waals surface area contributed by atoms with Gasteiger partial charge in [-0.2, -0.15) is 0 Å². The van der Waals surface area contributed by atoms with Crippen molar-refractivity contribution in [3.63, 3.8) is 0 Å².